The number of methoxy groups -OCH3 is 2. The number of nitrogens with zero attached hydrogens (tertiary/aromatic N) is 3. The molecular weight excluding hydrogens is 408 g/mol. The third kappa shape index (κ3) is 4.29. The quantitative estimate of drug-likeness (QED) is 0.605. The molecule has 2 heterocycles. The number of morpholine rings is 1. The summed E-state index contributed by atoms with van der Waals surface area (Å²) < 4.78 is 21.6. The van der Waals surface area contributed by atoms with Crippen LogP contribution in [-0.4, -0.2) is 50.7 Å². The predicted molar refractivity (Wildman–Crippen MR) is 115 cm³/mol. The van der Waals surface area contributed by atoms with Crippen LogP contribution in [0.5, 0.6) is 11.5 Å². The van der Waals surface area contributed by atoms with Crippen molar-refractivity contribution in [1.29, 1.82) is 0 Å². The van der Waals surface area contributed by atoms with Gasteiger partial charge in [0.2, 0.25) is 11.7 Å². The summed E-state index contributed by atoms with van der Waals surface area (Å²) in [6.07, 6.45) is 0. The molecule has 0 atom stereocenters. The Morgan fingerprint density at radius 1 is 1.13 bits per heavy atom. The lowest BCUT2D eigenvalue weighted by Gasteiger charge is -2.31. The molecule has 1 fully saturated rings. The van der Waals surface area contributed by atoms with Gasteiger partial charge in [-0.3, -0.25) is 0 Å². The van der Waals surface area contributed by atoms with Gasteiger partial charge in [-0.25, -0.2) is 0 Å². The van der Waals surface area contributed by atoms with Crippen LogP contribution in [0.1, 0.15) is 5.89 Å². The molecule has 30 heavy (non-hydrogen) atoms. The van der Waals surface area contributed by atoms with Crippen molar-refractivity contribution in [3.8, 4) is 22.9 Å². The Morgan fingerprint density at radius 3 is 2.73 bits per heavy atom. The van der Waals surface area contributed by atoms with Gasteiger partial charge in [0.15, 0.2) is 0 Å². The monoisotopic (exact) mass is 430 g/mol. The van der Waals surface area contributed by atoms with Gasteiger partial charge in [0, 0.05) is 19.2 Å². The van der Waals surface area contributed by atoms with E-state index < -0.39 is 0 Å². The number of benzene rings is 2. The van der Waals surface area contributed by atoms with Crippen LogP contribution in [0.3, 0.4) is 0 Å². The molecule has 0 amide bonds. The van der Waals surface area contributed by atoms with E-state index in [4.69, 9.17) is 30.3 Å². The molecule has 1 saturated heterocycles. The number of para-hydroxylation sites is 1. The van der Waals surface area contributed by atoms with Gasteiger partial charge < -0.3 is 29.0 Å². The first kappa shape index (κ1) is 20.3. The zero-order valence-corrected chi connectivity index (χ0v) is 17.6. The van der Waals surface area contributed by atoms with Crippen LogP contribution in [0.4, 0.5) is 11.4 Å². The van der Waals surface area contributed by atoms with Crippen LogP contribution in [0.2, 0.25) is 5.02 Å². The first-order chi connectivity index (χ1) is 14.7. The van der Waals surface area contributed by atoms with E-state index in [1.54, 1.807) is 20.3 Å². The van der Waals surface area contributed by atoms with Gasteiger partial charge in [-0.2, -0.15) is 4.98 Å². The van der Waals surface area contributed by atoms with E-state index in [2.05, 4.69) is 20.4 Å². The van der Waals surface area contributed by atoms with Crippen LogP contribution in [-0.2, 0) is 11.3 Å². The first-order valence-electron chi connectivity index (χ1n) is 9.59. The molecule has 0 spiro atoms. The van der Waals surface area contributed by atoms with Crippen molar-refractivity contribution in [3.63, 3.8) is 0 Å². The predicted octanol–water partition coefficient (Wildman–Crippen LogP) is 3.86. The normalized spacial score (nSPS) is 13.9. The second kappa shape index (κ2) is 9.23. The van der Waals surface area contributed by atoms with Crippen LogP contribution in [0.15, 0.2) is 40.9 Å². The van der Waals surface area contributed by atoms with E-state index in [0.717, 1.165) is 30.0 Å². The summed E-state index contributed by atoms with van der Waals surface area (Å²) >= 11 is 6.49. The molecule has 158 valence electrons. The molecule has 0 aliphatic carbocycles. The molecule has 0 radical (unpaired) electrons. The molecule has 0 bridgehead atoms. The molecule has 8 nitrogen and oxygen atoms in total. The van der Waals surface area contributed by atoms with E-state index >= 15 is 0 Å². The van der Waals surface area contributed by atoms with Gasteiger partial charge in [0.05, 0.1) is 55.9 Å². The summed E-state index contributed by atoms with van der Waals surface area (Å²) in [5.41, 5.74) is 2.59. The van der Waals surface area contributed by atoms with E-state index in [0.29, 0.717) is 48.0 Å². The Kier molecular flexibility index (Phi) is 6.25. The highest BCUT2D eigenvalue weighted by atomic mass is 35.5. The lowest BCUT2D eigenvalue weighted by Crippen LogP contribution is -2.36. The molecular formula is C21H23ClN4O4. The van der Waals surface area contributed by atoms with Gasteiger partial charge in [-0.05, 0) is 24.3 Å². The van der Waals surface area contributed by atoms with Crippen LogP contribution < -0.4 is 19.7 Å². The molecule has 9 heteroatoms. The summed E-state index contributed by atoms with van der Waals surface area (Å²) in [6.45, 7) is 3.31. The van der Waals surface area contributed by atoms with Crippen molar-refractivity contribution >= 4 is 23.0 Å². The summed E-state index contributed by atoms with van der Waals surface area (Å²) in [7, 11) is 3.20. The highest BCUT2D eigenvalue weighted by Crippen LogP contribution is 2.35. The molecule has 3 aromatic rings. The van der Waals surface area contributed by atoms with Crippen molar-refractivity contribution in [2.45, 2.75) is 6.54 Å². The number of anilines is 2. The smallest absolute Gasteiger partial charge is 0.246 e. The van der Waals surface area contributed by atoms with Crippen molar-refractivity contribution in [2.24, 2.45) is 0 Å². The number of nitrogens with one attached hydrogen (secondary N) is 1. The Bertz CT molecular complexity index is 1000. The van der Waals surface area contributed by atoms with E-state index in [9.17, 15) is 0 Å². The first-order valence-corrected chi connectivity index (χ1v) is 9.97. The Balaban J connectivity index is 1.51. The van der Waals surface area contributed by atoms with Crippen LogP contribution in [0.25, 0.3) is 11.4 Å². The molecule has 4 rings (SSSR count). The van der Waals surface area contributed by atoms with Gasteiger partial charge in [-0.15, -0.1) is 0 Å². The second-order valence-electron chi connectivity index (χ2n) is 6.67. The topological polar surface area (TPSA) is 81.9 Å². The largest absolute Gasteiger partial charge is 0.497 e. The van der Waals surface area contributed by atoms with Crippen LogP contribution >= 0.6 is 11.6 Å². The Hall–Kier alpha value is -2.97. The lowest BCUT2D eigenvalue weighted by atomic mass is 10.2. The van der Waals surface area contributed by atoms with Crippen molar-refractivity contribution < 1.29 is 18.7 Å². The third-order valence-corrected chi connectivity index (χ3v) is 5.17. The standard InChI is InChI=1S/C21H23ClN4O4/c1-27-14-6-7-15(18(12-14)28-2)21-24-19(30-25-21)13-23-17-5-3-4-16(22)20(17)26-8-10-29-11-9-26/h3-7,12,23H,8-11,13H2,1-2H3. The summed E-state index contributed by atoms with van der Waals surface area (Å²) in [5.74, 6) is 2.21. The Morgan fingerprint density at radius 2 is 1.97 bits per heavy atom. The number of ether oxygens (including phenoxy) is 3. The fraction of sp³-hybridized carbons (Fsp3) is 0.333. The third-order valence-electron chi connectivity index (χ3n) is 4.86. The summed E-state index contributed by atoms with van der Waals surface area (Å²) in [5, 5.41) is 8.15. The fourth-order valence-corrected chi connectivity index (χ4v) is 3.65. The van der Waals surface area contributed by atoms with E-state index in [-0.39, 0.29) is 0 Å². The van der Waals surface area contributed by atoms with Gasteiger partial charge in [0.1, 0.15) is 11.5 Å². The van der Waals surface area contributed by atoms with E-state index in [1.165, 1.54) is 0 Å². The minimum atomic E-state index is 0.364. The maximum atomic E-state index is 6.49. The van der Waals surface area contributed by atoms with Gasteiger partial charge in [0.25, 0.3) is 0 Å². The lowest BCUT2D eigenvalue weighted by molar-refractivity contribution is 0.123. The average molecular weight is 431 g/mol. The van der Waals surface area contributed by atoms with Crippen molar-refractivity contribution in [3.05, 3.63) is 47.3 Å². The maximum Gasteiger partial charge on any atom is 0.246 e. The highest BCUT2D eigenvalue weighted by molar-refractivity contribution is 6.34. The SMILES string of the molecule is COc1ccc(-c2noc(CNc3cccc(Cl)c3N3CCOCC3)n2)c(OC)c1. The van der Waals surface area contributed by atoms with E-state index in [1.807, 2.05) is 30.3 Å². The summed E-state index contributed by atoms with van der Waals surface area (Å²) in [6, 6.07) is 11.2. The molecule has 1 aliphatic heterocycles. The maximum absolute atomic E-state index is 6.49. The molecule has 1 aliphatic rings. The zero-order valence-electron chi connectivity index (χ0n) is 16.9. The van der Waals surface area contributed by atoms with Crippen molar-refractivity contribution in [2.75, 3.05) is 50.7 Å². The molecule has 1 N–H and O–H groups in total. The summed E-state index contributed by atoms with van der Waals surface area (Å²) in [4.78, 5) is 6.71. The Labute approximate surface area is 179 Å². The van der Waals surface area contributed by atoms with Crippen molar-refractivity contribution in [1.82, 2.24) is 10.1 Å². The fourth-order valence-electron chi connectivity index (χ4n) is 3.36. The molecule has 0 saturated carbocycles. The minimum absolute atomic E-state index is 0.364. The van der Waals surface area contributed by atoms with Gasteiger partial charge in [-0.1, -0.05) is 22.8 Å². The number of halogens is 1. The number of rotatable bonds is 7. The highest BCUT2D eigenvalue weighted by Gasteiger charge is 2.19. The van der Waals surface area contributed by atoms with Gasteiger partial charge >= 0.3 is 0 Å². The molecule has 0 unspecified atom stereocenters. The zero-order chi connectivity index (χ0) is 20.9. The van der Waals surface area contributed by atoms with Crippen LogP contribution in [0, 0.1) is 0 Å². The minimum Gasteiger partial charge on any atom is -0.497 e. The number of hydrogen-bond donors (Lipinski definition) is 1. The average Bonchev–Trinajstić information content (AvgIpc) is 3.26. The molecule has 2 aromatic carbocycles. The number of hydrogen-bond acceptors (Lipinski definition) is 8. The number of aromatic nitrogens is 2. The second-order valence-corrected chi connectivity index (χ2v) is 7.07. The molecule has 1 aromatic heterocycles.